The Labute approximate surface area is 154 Å². The van der Waals surface area contributed by atoms with Crippen molar-refractivity contribution in [2.24, 2.45) is 5.73 Å². The smallest absolute Gasteiger partial charge is 0.240 e. The number of primary amides is 1. The Morgan fingerprint density at radius 3 is 2.96 bits per heavy atom. The molecule has 0 saturated carbocycles. The number of hydrogen-bond acceptors (Lipinski definition) is 6. The number of carbonyl (C=O) groups excluding carboxylic acids is 1. The number of H-pyrrole nitrogens is 1. The van der Waals surface area contributed by atoms with E-state index in [4.69, 9.17) is 17.3 Å². The third kappa shape index (κ3) is 3.03. The number of aromatic amines is 1. The van der Waals surface area contributed by atoms with E-state index in [1.54, 1.807) is 0 Å². The first-order valence-electron chi connectivity index (χ1n) is 8.33. The summed E-state index contributed by atoms with van der Waals surface area (Å²) in [6.07, 6.45) is 1.70. The Kier molecular flexibility index (Phi) is 4.12. The van der Waals surface area contributed by atoms with Crippen molar-refractivity contribution in [3.05, 3.63) is 35.2 Å². The van der Waals surface area contributed by atoms with Gasteiger partial charge in [0.25, 0.3) is 0 Å². The number of aromatic nitrogens is 4. The zero-order valence-corrected chi connectivity index (χ0v) is 14.9. The van der Waals surface area contributed by atoms with Crippen molar-refractivity contribution in [1.29, 1.82) is 0 Å². The van der Waals surface area contributed by atoms with E-state index >= 15 is 0 Å². The first kappa shape index (κ1) is 16.6. The topological polar surface area (TPSA) is 113 Å². The molecule has 4 rings (SSSR count). The van der Waals surface area contributed by atoms with E-state index < -0.39 is 0 Å². The van der Waals surface area contributed by atoms with Crippen LogP contribution in [0.5, 0.6) is 0 Å². The number of nitrogens with zero attached hydrogens (tertiary/aromatic N) is 4. The van der Waals surface area contributed by atoms with Crippen molar-refractivity contribution in [2.75, 3.05) is 16.8 Å². The van der Waals surface area contributed by atoms with Gasteiger partial charge < -0.3 is 16.0 Å². The SMILES string of the molecule is Cc1cc(Nc2nc(Cl)nc3cc(N4CCC[C@H]4C(N)=O)ccc23)n[nH]1. The third-order valence-corrected chi connectivity index (χ3v) is 4.69. The highest BCUT2D eigenvalue weighted by molar-refractivity contribution is 6.28. The number of rotatable bonds is 4. The molecule has 3 aromatic rings. The number of carbonyl (C=O) groups is 1. The molecular weight excluding hydrogens is 354 g/mol. The predicted molar refractivity (Wildman–Crippen MR) is 101 cm³/mol. The summed E-state index contributed by atoms with van der Waals surface area (Å²) < 4.78 is 0. The number of anilines is 3. The van der Waals surface area contributed by atoms with Crippen molar-refractivity contribution >= 4 is 45.7 Å². The van der Waals surface area contributed by atoms with E-state index in [0.29, 0.717) is 17.2 Å². The summed E-state index contributed by atoms with van der Waals surface area (Å²) in [5.74, 6) is 0.918. The van der Waals surface area contributed by atoms with Gasteiger partial charge in [-0.25, -0.2) is 4.98 Å². The summed E-state index contributed by atoms with van der Waals surface area (Å²) in [5, 5.41) is 11.1. The summed E-state index contributed by atoms with van der Waals surface area (Å²) in [6, 6.07) is 7.36. The molecule has 8 nitrogen and oxygen atoms in total. The van der Waals surface area contributed by atoms with Crippen LogP contribution in [-0.2, 0) is 4.79 Å². The molecule has 4 N–H and O–H groups in total. The van der Waals surface area contributed by atoms with Crippen LogP contribution < -0.4 is 16.0 Å². The normalized spacial score (nSPS) is 17.0. The highest BCUT2D eigenvalue weighted by atomic mass is 35.5. The van der Waals surface area contributed by atoms with Crippen LogP contribution >= 0.6 is 11.6 Å². The highest BCUT2D eigenvalue weighted by Crippen LogP contribution is 2.31. The third-order valence-electron chi connectivity index (χ3n) is 4.52. The first-order chi connectivity index (χ1) is 12.5. The minimum atomic E-state index is -0.306. The molecule has 0 spiro atoms. The van der Waals surface area contributed by atoms with E-state index in [2.05, 4.69) is 25.5 Å². The molecule has 1 amide bonds. The van der Waals surface area contributed by atoms with Crippen LogP contribution in [0.15, 0.2) is 24.3 Å². The van der Waals surface area contributed by atoms with E-state index in [9.17, 15) is 4.79 Å². The molecule has 26 heavy (non-hydrogen) atoms. The average molecular weight is 372 g/mol. The Hall–Kier alpha value is -2.87. The molecule has 1 aromatic carbocycles. The Morgan fingerprint density at radius 2 is 2.23 bits per heavy atom. The largest absolute Gasteiger partial charge is 0.368 e. The molecule has 134 valence electrons. The van der Waals surface area contributed by atoms with Crippen LogP contribution in [-0.4, -0.2) is 38.7 Å². The summed E-state index contributed by atoms with van der Waals surface area (Å²) >= 11 is 6.11. The monoisotopic (exact) mass is 371 g/mol. The van der Waals surface area contributed by atoms with Crippen molar-refractivity contribution in [3.63, 3.8) is 0 Å². The highest BCUT2D eigenvalue weighted by Gasteiger charge is 2.29. The molecule has 1 aliphatic rings. The fraction of sp³-hybridized carbons (Fsp3) is 0.294. The number of fused-ring (bicyclic) bond motifs is 1. The summed E-state index contributed by atoms with van der Waals surface area (Å²) in [6.45, 7) is 2.70. The van der Waals surface area contributed by atoms with E-state index in [-0.39, 0.29) is 17.2 Å². The van der Waals surface area contributed by atoms with Gasteiger partial charge in [0.05, 0.1) is 5.52 Å². The molecule has 1 atom stereocenters. The standard InChI is InChI=1S/C17H18ClN7O/c1-9-7-14(24-23-9)21-16-11-5-4-10(8-12(11)20-17(18)22-16)25-6-2-3-13(25)15(19)26/h4-5,7-8,13H,2-3,6H2,1H3,(H2,19,26)(H2,20,21,22,23,24)/t13-/m0/s1. The Morgan fingerprint density at radius 1 is 1.38 bits per heavy atom. The maximum absolute atomic E-state index is 11.7. The second kappa shape index (κ2) is 6.45. The Bertz CT molecular complexity index is 986. The Balaban J connectivity index is 1.73. The quantitative estimate of drug-likeness (QED) is 0.607. The summed E-state index contributed by atoms with van der Waals surface area (Å²) in [7, 11) is 0. The predicted octanol–water partition coefficient (Wildman–Crippen LogP) is 2.51. The lowest BCUT2D eigenvalue weighted by molar-refractivity contribution is -0.119. The van der Waals surface area contributed by atoms with Crippen LogP contribution in [0.1, 0.15) is 18.5 Å². The first-order valence-corrected chi connectivity index (χ1v) is 8.71. The lowest BCUT2D eigenvalue weighted by Gasteiger charge is -2.24. The zero-order valence-electron chi connectivity index (χ0n) is 14.2. The van der Waals surface area contributed by atoms with Crippen molar-refractivity contribution in [3.8, 4) is 0 Å². The minimum absolute atomic E-state index is 0.136. The fourth-order valence-corrected chi connectivity index (χ4v) is 3.51. The molecule has 3 heterocycles. The number of aryl methyl sites for hydroxylation is 1. The van der Waals surface area contributed by atoms with Crippen molar-refractivity contribution in [2.45, 2.75) is 25.8 Å². The molecule has 0 bridgehead atoms. The number of halogens is 1. The van der Waals surface area contributed by atoms with E-state index in [1.165, 1.54) is 0 Å². The number of hydrogen-bond donors (Lipinski definition) is 3. The fourth-order valence-electron chi connectivity index (χ4n) is 3.34. The number of amides is 1. The minimum Gasteiger partial charge on any atom is -0.368 e. The van der Waals surface area contributed by atoms with Crippen LogP contribution in [0.3, 0.4) is 0 Å². The van der Waals surface area contributed by atoms with Gasteiger partial charge in [-0.3, -0.25) is 9.89 Å². The van der Waals surface area contributed by atoms with Crippen LogP contribution in [0.25, 0.3) is 10.9 Å². The van der Waals surface area contributed by atoms with Crippen LogP contribution in [0.2, 0.25) is 5.28 Å². The van der Waals surface area contributed by atoms with Crippen molar-refractivity contribution < 1.29 is 4.79 Å². The maximum Gasteiger partial charge on any atom is 0.240 e. The van der Waals surface area contributed by atoms with Gasteiger partial charge >= 0.3 is 0 Å². The molecular formula is C17H18ClN7O. The van der Waals surface area contributed by atoms with Gasteiger partial charge in [0, 0.05) is 29.4 Å². The van der Waals surface area contributed by atoms with Gasteiger partial charge in [-0.1, -0.05) is 0 Å². The number of benzene rings is 1. The lowest BCUT2D eigenvalue weighted by Crippen LogP contribution is -2.40. The molecule has 0 unspecified atom stereocenters. The molecule has 0 aliphatic carbocycles. The second-order valence-electron chi connectivity index (χ2n) is 6.36. The van der Waals surface area contributed by atoms with Crippen LogP contribution in [0, 0.1) is 6.92 Å². The van der Waals surface area contributed by atoms with E-state index in [0.717, 1.165) is 36.2 Å². The molecule has 9 heteroatoms. The molecule has 0 radical (unpaired) electrons. The van der Waals surface area contributed by atoms with E-state index in [1.807, 2.05) is 36.1 Å². The van der Waals surface area contributed by atoms with Crippen LogP contribution in [0.4, 0.5) is 17.3 Å². The van der Waals surface area contributed by atoms with Gasteiger partial charge in [-0.05, 0) is 49.6 Å². The maximum atomic E-state index is 11.7. The summed E-state index contributed by atoms with van der Waals surface area (Å²) in [4.78, 5) is 22.3. The van der Waals surface area contributed by atoms with Crippen molar-refractivity contribution in [1.82, 2.24) is 20.2 Å². The van der Waals surface area contributed by atoms with Gasteiger partial charge in [0.1, 0.15) is 11.9 Å². The molecule has 1 fully saturated rings. The van der Waals surface area contributed by atoms with Gasteiger partial charge in [-0.2, -0.15) is 10.1 Å². The number of nitrogens with one attached hydrogen (secondary N) is 2. The lowest BCUT2D eigenvalue weighted by atomic mass is 10.1. The average Bonchev–Trinajstić information content (AvgIpc) is 3.23. The molecule has 2 aromatic heterocycles. The number of nitrogens with two attached hydrogens (primary N) is 1. The zero-order chi connectivity index (χ0) is 18.3. The summed E-state index contributed by atoms with van der Waals surface area (Å²) in [5.41, 5.74) is 8.05. The second-order valence-corrected chi connectivity index (χ2v) is 6.70. The van der Waals surface area contributed by atoms with Gasteiger partial charge in [0.15, 0.2) is 5.82 Å². The molecule has 1 saturated heterocycles. The van der Waals surface area contributed by atoms with Gasteiger partial charge in [0.2, 0.25) is 11.2 Å². The molecule has 1 aliphatic heterocycles. The van der Waals surface area contributed by atoms with Gasteiger partial charge in [-0.15, -0.1) is 0 Å².